The van der Waals surface area contributed by atoms with Gasteiger partial charge in [-0.2, -0.15) is 0 Å². The molecule has 2 aromatic rings. The van der Waals surface area contributed by atoms with E-state index in [9.17, 15) is 4.79 Å². The molecular weight excluding hydrogens is 358 g/mol. The molecule has 6 nitrogen and oxygen atoms in total. The van der Waals surface area contributed by atoms with Gasteiger partial charge >= 0.3 is 0 Å². The molecule has 2 fully saturated rings. The number of likely N-dealkylation sites (tertiary alicyclic amines) is 1. The van der Waals surface area contributed by atoms with E-state index >= 15 is 0 Å². The smallest absolute Gasteiger partial charge is 0.236 e. The summed E-state index contributed by atoms with van der Waals surface area (Å²) >= 11 is 1.75. The number of anilines is 1. The molecule has 0 radical (unpaired) electrons. The van der Waals surface area contributed by atoms with Gasteiger partial charge in [0.1, 0.15) is 17.0 Å². The lowest BCUT2D eigenvalue weighted by atomic mass is 10.2. The molecule has 0 aromatic carbocycles. The zero-order valence-corrected chi connectivity index (χ0v) is 17.2. The number of piperazine rings is 1. The standard InChI is InChI=1S/C20H29N5OS/c1-15-16(2)27-20-18(15)19(21-14-22-20)25-11-9-23(10-12-25)13-17(26)24-7-5-3-4-6-8-24/h14H,3-13H2,1-2H3. The third-order valence-electron chi connectivity index (χ3n) is 5.93. The number of aryl methyl sites for hydroxylation is 2. The molecule has 0 aliphatic carbocycles. The summed E-state index contributed by atoms with van der Waals surface area (Å²) in [5.41, 5.74) is 1.30. The topological polar surface area (TPSA) is 52.6 Å². The van der Waals surface area contributed by atoms with Crippen LogP contribution >= 0.6 is 11.3 Å². The summed E-state index contributed by atoms with van der Waals surface area (Å²) in [6.45, 7) is 10.4. The summed E-state index contributed by atoms with van der Waals surface area (Å²) in [6.07, 6.45) is 6.52. The van der Waals surface area contributed by atoms with Crippen molar-refractivity contribution in [1.82, 2.24) is 19.8 Å². The minimum atomic E-state index is 0.305. The van der Waals surface area contributed by atoms with E-state index in [1.54, 1.807) is 17.7 Å². The predicted molar refractivity (Wildman–Crippen MR) is 111 cm³/mol. The highest BCUT2D eigenvalue weighted by molar-refractivity contribution is 7.18. The van der Waals surface area contributed by atoms with Crippen LogP contribution in [0.1, 0.15) is 36.1 Å². The summed E-state index contributed by atoms with van der Waals surface area (Å²) in [5.74, 6) is 1.36. The zero-order valence-electron chi connectivity index (χ0n) is 16.4. The number of rotatable bonds is 3. The Morgan fingerprint density at radius 3 is 2.41 bits per heavy atom. The highest BCUT2D eigenvalue weighted by atomic mass is 32.1. The van der Waals surface area contributed by atoms with E-state index < -0.39 is 0 Å². The lowest BCUT2D eigenvalue weighted by molar-refractivity contribution is -0.132. The Balaban J connectivity index is 1.39. The number of fused-ring (bicyclic) bond motifs is 1. The van der Waals surface area contributed by atoms with Crippen LogP contribution in [0.25, 0.3) is 10.2 Å². The van der Waals surface area contributed by atoms with Gasteiger partial charge in [-0.3, -0.25) is 9.69 Å². The van der Waals surface area contributed by atoms with Crippen LogP contribution in [0.2, 0.25) is 0 Å². The largest absolute Gasteiger partial charge is 0.353 e. The van der Waals surface area contributed by atoms with Gasteiger partial charge in [-0.15, -0.1) is 11.3 Å². The fourth-order valence-electron chi connectivity index (χ4n) is 4.13. The third-order valence-corrected chi connectivity index (χ3v) is 7.05. The minimum absolute atomic E-state index is 0.305. The van der Waals surface area contributed by atoms with Crippen LogP contribution in [0.4, 0.5) is 5.82 Å². The van der Waals surface area contributed by atoms with E-state index in [0.29, 0.717) is 12.5 Å². The molecule has 146 valence electrons. The molecule has 1 amide bonds. The Kier molecular flexibility index (Phi) is 5.59. The molecule has 2 aliphatic rings. The lowest BCUT2D eigenvalue weighted by Gasteiger charge is -2.36. The van der Waals surface area contributed by atoms with Crippen LogP contribution in [-0.2, 0) is 4.79 Å². The van der Waals surface area contributed by atoms with Gasteiger partial charge < -0.3 is 9.80 Å². The SMILES string of the molecule is Cc1sc2ncnc(N3CCN(CC(=O)N4CCCCCC4)CC3)c2c1C. The summed E-state index contributed by atoms with van der Waals surface area (Å²) in [4.78, 5) is 30.8. The first kappa shape index (κ1) is 18.6. The fraction of sp³-hybridized carbons (Fsp3) is 0.650. The van der Waals surface area contributed by atoms with Crippen LogP contribution in [0.15, 0.2) is 6.33 Å². The van der Waals surface area contributed by atoms with Crippen molar-refractivity contribution >= 4 is 33.3 Å². The number of aromatic nitrogens is 2. The molecule has 27 heavy (non-hydrogen) atoms. The van der Waals surface area contributed by atoms with Gasteiger partial charge in [-0.25, -0.2) is 9.97 Å². The van der Waals surface area contributed by atoms with Crippen LogP contribution in [0, 0.1) is 13.8 Å². The molecule has 0 spiro atoms. The molecule has 0 N–H and O–H groups in total. The average Bonchev–Trinajstić information content (AvgIpc) is 2.86. The molecule has 2 aliphatic heterocycles. The van der Waals surface area contributed by atoms with Crippen molar-refractivity contribution in [3.05, 3.63) is 16.8 Å². The van der Waals surface area contributed by atoms with Crippen molar-refractivity contribution < 1.29 is 4.79 Å². The van der Waals surface area contributed by atoms with Gasteiger partial charge in [0.2, 0.25) is 5.91 Å². The van der Waals surface area contributed by atoms with E-state index in [0.717, 1.165) is 62.8 Å². The van der Waals surface area contributed by atoms with E-state index in [-0.39, 0.29) is 0 Å². The van der Waals surface area contributed by atoms with Crippen LogP contribution < -0.4 is 4.90 Å². The Labute approximate surface area is 165 Å². The number of amides is 1. The van der Waals surface area contributed by atoms with Crippen LogP contribution in [0.5, 0.6) is 0 Å². The maximum atomic E-state index is 12.6. The van der Waals surface area contributed by atoms with Gasteiger partial charge in [-0.1, -0.05) is 12.8 Å². The van der Waals surface area contributed by atoms with Crippen molar-refractivity contribution in [1.29, 1.82) is 0 Å². The van der Waals surface area contributed by atoms with E-state index in [4.69, 9.17) is 0 Å². The maximum Gasteiger partial charge on any atom is 0.236 e. The molecule has 0 unspecified atom stereocenters. The number of thiophene rings is 1. The number of nitrogens with zero attached hydrogens (tertiary/aromatic N) is 5. The molecule has 0 atom stereocenters. The second kappa shape index (κ2) is 8.10. The first-order chi connectivity index (χ1) is 13.1. The normalized spacial score (nSPS) is 19.5. The monoisotopic (exact) mass is 387 g/mol. The summed E-state index contributed by atoms with van der Waals surface area (Å²) in [7, 11) is 0. The van der Waals surface area contributed by atoms with Crippen LogP contribution in [-0.4, -0.2) is 71.5 Å². The molecule has 0 bridgehead atoms. The van der Waals surface area contributed by atoms with Crippen molar-refractivity contribution in [3.8, 4) is 0 Å². The first-order valence-corrected chi connectivity index (χ1v) is 10.9. The predicted octanol–water partition coefficient (Wildman–Crippen LogP) is 2.83. The molecule has 2 saturated heterocycles. The first-order valence-electron chi connectivity index (χ1n) is 10.1. The molecule has 0 saturated carbocycles. The van der Waals surface area contributed by atoms with Gasteiger partial charge in [0.25, 0.3) is 0 Å². The maximum absolute atomic E-state index is 12.6. The van der Waals surface area contributed by atoms with Crippen molar-refractivity contribution in [2.75, 3.05) is 50.7 Å². The average molecular weight is 388 g/mol. The highest BCUT2D eigenvalue weighted by Gasteiger charge is 2.24. The summed E-state index contributed by atoms with van der Waals surface area (Å²) in [6, 6.07) is 0. The highest BCUT2D eigenvalue weighted by Crippen LogP contribution is 2.34. The lowest BCUT2D eigenvalue weighted by Crippen LogP contribution is -2.50. The Morgan fingerprint density at radius 1 is 1.00 bits per heavy atom. The van der Waals surface area contributed by atoms with E-state index in [2.05, 4.69) is 38.5 Å². The fourth-order valence-corrected chi connectivity index (χ4v) is 5.12. The minimum Gasteiger partial charge on any atom is -0.353 e. The third kappa shape index (κ3) is 3.94. The van der Waals surface area contributed by atoms with E-state index in [1.165, 1.54) is 28.7 Å². The van der Waals surface area contributed by atoms with E-state index in [1.807, 2.05) is 0 Å². The van der Waals surface area contributed by atoms with Gasteiger partial charge in [0.15, 0.2) is 0 Å². The van der Waals surface area contributed by atoms with Gasteiger partial charge in [-0.05, 0) is 32.3 Å². The van der Waals surface area contributed by atoms with Crippen molar-refractivity contribution in [2.24, 2.45) is 0 Å². The summed E-state index contributed by atoms with van der Waals surface area (Å²) < 4.78 is 0. The molecule has 7 heteroatoms. The van der Waals surface area contributed by atoms with Crippen molar-refractivity contribution in [2.45, 2.75) is 39.5 Å². The van der Waals surface area contributed by atoms with Gasteiger partial charge in [0, 0.05) is 44.1 Å². The Bertz CT molecular complexity index is 804. The second-order valence-corrected chi connectivity index (χ2v) is 8.92. The Hall–Kier alpha value is -1.73. The number of hydrogen-bond acceptors (Lipinski definition) is 6. The molecule has 4 rings (SSSR count). The van der Waals surface area contributed by atoms with Gasteiger partial charge in [0.05, 0.1) is 11.9 Å². The second-order valence-electron chi connectivity index (χ2n) is 7.72. The van der Waals surface area contributed by atoms with Crippen LogP contribution in [0.3, 0.4) is 0 Å². The Morgan fingerprint density at radius 2 is 1.70 bits per heavy atom. The number of carbonyl (C=O) groups is 1. The molecule has 2 aromatic heterocycles. The number of hydrogen-bond donors (Lipinski definition) is 0. The molecular formula is C20H29N5OS. The van der Waals surface area contributed by atoms with Crippen molar-refractivity contribution in [3.63, 3.8) is 0 Å². The summed E-state index contributed by atoms with van der Waals surface area (Å²) in [5, 5.41) is 1.20. The number of carbonyl (C=O) groups excluding carboxylic acids is 1. The molecule has 4 heterocycles. The quantitative estimate of drug-likeness (QED) is 0.811. The zero-order chi connectivity index (χ0) is 18.8.